The van der Waals surface area contributed by atoms with E-state index in [1.165, 1.54) is 35.9 Å². The summed E-state index contributed by atoms with van der Waals surface area (Å²) in [5.74, 6) is -0.498. The summed E-state index contributed by atoms with van der Waals surface area (Å²) in [7, 11) is 0. The van der Waals surface area contributed by atoms with Crippen LogP contribution in [0.1, 0.15) is 20.1 Å². The molecule has 4 aromatic rings. The minimum atomic E-state index is -4.45. The fourth-order valence-electron chi connectivity index (χ4n) is 2.87. The molecule has 4 N–H and O–H groups in total. The van der Waals surface area contributed by atoms with Crippen LogP contribution >= 0.6 is 22.7 Å². The third-order valence-corrected chi connectivity index (χ3v) is 6.52. The topological polar surface area (TPSA) is 129 Å². The van der Waals surface area contributed by atoms with Crippen LogP contribution < -0.4 is 16.0 Å². The van der Waals surface area contributed by atoms with E-state index in [0.29, 0.717) is 34.1 Å². The van der Waals surface area contributed by atoms with Gasteiger partial charge in [0.25, 0.3) is 0 Å². The van der Waals surface area contributed by atoms with Crippen molar-refractivity contribution in [2.45, 2.75) is 12.6 Å². The van der Waals surface area contributed by atoms with E-state index in [0.717, 1.165) is 28.3 Å². The van der Waals surface area contributed by atoms with Crippen molar-refractivity contribution in [3.63, 3.8) is 0 Å². The number of hydrogen-bond donors (Lipinski definition) is 4. The van der Waals surface area contributed by atoms with Gasteiger partial charge in [-0.05, 0) is 30.3 Å². The van der Waals surface area contributed by atoms with Crippen LogP contribution in [0.25, 0.3) is 10.2 Å². The Morgan fingerprint density at radius 2 is 1.79 bits per heavy atom. The summed E-state index contributed by atoms with van der Waals surface area (Å²) in [6, 6.07) is 4.96. The molecule has 0 bridgehead atoms. The fourth-order valence-corrected chi connectivity index (χ4v) is 4.60. The first-order valence-electron chi connectivity index (χ1n) is 9.61. The monoisotopic (exact) mass is 508 g/mol. The van der Waals surface area contributed by atoms with Gasteiger partial charge >= 0.3 is 18.2 Å². The van der Waals surface area contributed by atoms with E-state index in [2.05, 4.69) is 30.9 Å². The molecule has 176 valence electrons. The lowest BCUT2D eigenvalue weighted by Crippen LogP contribution is -2.19. The predicted molar refractivity (Wildman–Crippen MR) is 123 cm³/mol. The van der Waals surface area contributed by atoms with Gasteiger partial charge in [0.15, 0.2) is 5.13 Å². The summed E-state index contributed by atoms with van der Waals surface area (Å²) in [6.45, 7) is 0.478. The fraction of sp³-hybridized carbons (Fsp3) is 0.150. The lowest BCUT2D eigenvalue weighted by molar-refractivity contribution is -0.137. The Bertz CT molecular complexity index is 1340. The van der Waals surface area contributed by atoms with Gasteiger partial charge in [-0.15, -0.1) is 22.7 Å². The molecule has 0 saturated carbocycles. The number of thiazole rings is 1. The maximum absolute atomic E-state index is 12.6. The zero-order valence-corrected chi connectivity index (χ0v) is 18.6. The van der Waals surface area contributed by atoms with Gasteiger partial charge in [-0.1, -0.05) is 0 Å². The molecule has 3 aromatic heterocycles. The molecule has 2 amide bonds. The van der Waals surface area contributed by atoms with Crippen LogP contribution in [0.15, 0.2) is 42.9 Å². The average molecular weight is 509 g/mol. The van der Waals surface area contributed by atoms with Gasteiger partial charge in [-0.25, -0.2) is 24.5 Å². The van der Waals surface area contributed by atoms with E-state index in [9.17, 15) is 22.8 Å². The Labute approximate surface area is 197 Å². The lowest BCUT2D eigenvalue weighted by atomic mass is 10.2. The SMILES string of the molecule is O=C(Nc1ccc(C(F)(F)F)cc1)Nc1ncc(CCNc2ncnc3cc(C(=O)O)sc23)s1. The molecule has 34 heavy (non-hydrogen) atoms. The van der Waals surface area contributed by atoms with E-state index in [1.807, 2.05) is 0 Å². The number of carbonyl (C=O) groups is 2. The number of halogens is 3. The van der Waals surface area contributed by atoms with E-state index >= 15 is 0 Å². The number of carbonyl (C=O) groups excluding carboxylic acids is 1. The summed E-state index contributed by atoms with van der Waals surface area (Å²) in [6.07, 6.45) is -0.934. The first kappa shape index (κ1) is 23.4. The summed E-state index contributed by atoms with van der Waals surface area (Å²) in [5, 5.41) is 17.6. The van der Waals surface area contributed by atoms with Crippen molar-refractivity contribution < 1.29 is 27.9 Å². The highest BCUT2D eigenvalue weighted by molar-refractivity contribution is 7.21. The van der Waals surface area contributed by atoms with Crippen LogP contribution in [-0.2, 0) is 12.6 Å². The molecule has 4 rings (SSSR count). The highest BCUT2D eigenvalue weighted by atomic mass is 32.1. The third-order valence-electron chi connectivity index (χ3n) is 4.43. The number of amides is 2. The van der Waals surface area contributed by atoms with Crippen LogP contribution in [0.2, 0.25) is 0 Å². The number of anilines is 3. The molecule has 3 heterocycles. The number of alkyl halides is 3. The van der Waals surface area contributed by atoms with Gasteiger partial charge in [0.1, 0.15) is 17.0 Å². The minimum Gasteiger partial charge on any atom is -0.477 e. The molecule has 0 spiro atoms. The Morgan fingerprint density at radius 3 is 2.50 bits per heavy atom. The Balaban J connectivity index is 1.30. The van der Waals surface area contributed by atoms with Crippen molar-refractivity contribution >= 4 is 61.5 Å². The van der Waals surface area contributed by atoms with Crippen LogP contribution in [0, 0.1) is 0 Å². The van der Waals surface area contributed by atoms with E-state index in [1.54, 1.807) is 6.20 Å². The predicted octanol–water partition coefficient (Wildman–Crippen LogP) is 5.16. The molecule has 9 nitrogen and oxygen atoms in total. The number of nitrogens with one attached hydrogen (secondary N) is 3. The normalized spacial score (nSPS) is 11.4. The second kappa shape index (κ2) is 9.61. The summed E-state index contributed by atoms with van der Waals surface area (Å²) < 4.78 is 38.5. The Hall–Kier alpha value is -3.78. The van der Waals surface area contributed by atoms with Gasteiger partial charge < -0.3 is 15.7 Å². The number of rotatable bonds is 7. The maximum atomic E-state index is 12.6. The zero-order valence-electron chi connectivity index (χ0n) is 17.0. The smallest absolute Gasteiger partial charge is 0.416 e. The summed E-state index contributed by atoms with van der Waals surface area (Å²) in [4.78, 5) is 36.7. The molecular formula is C20H15F3N6O3S2. The number of urea groups is 1. The Morgan fingerprint density at radius 1 is 1.03 bits per heavy atom. The minimum absolute atomic E-state index is 0.172. The number of aromatic nitrogens is 3. The second-order valence-corrected chi connectivity index (χ2v) is 8.98. The van der Waals surface area contributed by atoms with Crippen molar-refractivity contribution in [1.29, 1.82) is 0 Å². The molecule has 14 heteroatoms. The molecule has 0 aliphatic heterocycles. The molecule has 0 fully saturated rings. The average Bonchev–Trinajstić information content (AvgIpc) is 3.41. The number of aromatic carboxylic acids is 1. The van der Waals surface area contributed by atoms with Gasteiger partial charge in [0, 0.05) is 29.7 Å². The molecule has 1 aromatic carbocycles. The Kier molecular flexibility index (Phi) is 6.61. The van der Waals surface area contributed by atoms with Crippen molar-refractivity contribution in [3.05, 3.63) is 58.2 Å². The maximum Gasteiger partial charge on any atom is 0.416 e. The molecule has 0 atom stereocenters. The van der Waals surface area contributed by atoms with E-state index in [-0.39, 0.29) is 10.6 Å². The van der Waals surface area contributed by atoms with Crippen molar-refractivity contribution in [1.82, 2.24) is 15.0 Å². The standard InChI is InChI=1S/C20H15F3N6O3S2/c21-20(22,23)10-1-3-11(4-2-10)28-18(32)29-19-25-8-12(33-19)5-6-24-16-15-13(26-9-27-16)7-14(34-15)17(30)31/h1-4,7-9H,5-6H2,(H,30,31)(H,24,26,27)(H2,25,28,29,32). The van der Waals surface area contributed by atoms with Crippen LogP contribution in [-0.4, -0.2) is 38.6 Å². The number of hydrogen-bond acceptors (Lipinski definition) is 8. The number of fused-ring (bicyclic) bond motifs is 1. The highest BCUT2D eigenvalue weighted by Crippen LogP contribution is 2.30. The molecule has 0 aliphatic carbocycles. The van der Waals surface area contributed by atoms with Gasteiger partial charge in [0.05, 0.1) is 15.8 Å². The second-order valence-electron chi connectivity index (χ2n) is 6.82. The summed E-state index contributed by atoms with van der Waals surface area (Å²) >= 11 is 2.33. The van der Waals surface area contributed by atoms with Gasteiger partial charge in [-0.2, -0.15) is 13.2 Å². The molecule has 0 saturated heterocycles. The molecule has 0 radical (unpaired) electrons. The molecule has 0 aliphatic rings. The highest BCUT2D eigenvalue weighted by Gasteiger charge is 2.30. The van der Waals surface area contributed by atoms with Crippen molar-refractivity contribution in [2.75, 3.05) is 22.5 Å². The van der Waals surface area contributed by atoms with Crippen LogP contribution in [0.3, 0.4) is 0 Å². The number of nitrogens with zero attached hydrogens (tertiary/aromatic N) is 3. The first-order chi connectivity index (χ1) is 16.2. The van der Waals surface area contributed by atoms with Gasteiger partial charge in [-0.3, -0.25) is 5.32 Å². The van der Waals surface area contributed by atoms with Crippen LogP contribution in [0.4, 0.5) is 34.6 Å². The zero-order chi connectivity index (χ0) is 24.3. The first-order valence-corrected chi connectivity index (χ1v) is 11.2. The lowest BCUT2D eigenvalue weighted by Gasteiger charge is -2.08. The molecule has 0 unspecified atom stereocenters. The number of thiophene rings is 1. The third kappa shape index (κ3) is 5.58. The quantitative estimate of drug-likeness (QED) is 0.271. The van der Waals surface area contributed by atoms with Crippen molar-refractivity contribution in [3.8, 4) is 0 Å². The largest absolute Gasteiger partial charge is 0.477 e. The molecular weight excluding hydrogens is 493 g/mol. The number of carboxylic acids is 1. The summed E-state index contributed by atoms with van der Waals surface area (Å²) in [5.41, 5.74) is -0.0498. The van der Waals surface area contributed by atoms with E-state index in [4.69, 9.17) is 5.11 Å². The van der Waals surface area contributed by atoms with E-state index < -0.39 is 23.7 Å². The number of benzene rings is 1. The van der Waals surface area contributed by atoms with Crippen molar-refractivity contribution in [2.24, 2.45) is 0 Å². The number of carboxylic acid groups (broad SMARTS) is 1. The van der Waals surface area contributed by atoms with Crippen LogP contribution in [0.5, 0.6) is 0 Å². The van der Waals surface area contributed by atoms with Gasteiger partial charge in [0.2, 0.25) is 0 Å².